The van der Waals surface area contributed by atoms with E-state index >= 15 is 0 Å². The molecule has 0 aromatic heterocycles. The van der Waals surface area contributed by atoms with Gasteiger partial charge in [-0.25, -0.2) is 0 Å². The SMILES string of the molecule is CC(C)=CCC[C@](C)(O[C@@H]1O[C@H](CO)[C@@H](O)[C@H](O)[C@H]1O)[C@H]1CC[C@]2(C)[C@@H]1[C@H](O)C[C@@H]1[C@@]3(C)CC[C@H](O)C(C)(C)[C@@H]3[C@@H](O[C@@H]3O[C@H](CO)[C@@H](O[C@@H]4O[C@H](CO)[C@H](O)[C@H](O)[C@H]4O)[C@H](O)[C@H]3O)C[C@]12C. The van der Waals surface area contributed by atoms with Crippen LogP contribution in [0.2, 0.25) is 0 Å². The van der Waals surface area contributed by atoms with Crippen LogP contribution in [0.15, 0.2) is 11.6 Å². The first kappa shape index (κ1) is 53.8. The molecule has 67 heavy (non-hydrogen) atoms. The van der Waals surface area contributed by atoms with Crippen molar-refractivity contribution in [2.75, 3.05) is 19.8 Å². The third-order valence-electron chi connectivity index (χ3n) is 18.7. The Morgan fingerprint density at radius 2 is 1.18 bits per heavy atom. The Balaban J connectivity index is 1.21. The Labute approximate surface area is 393 Å². The van der Waals surface area contributed by atoms with Crippen molar-refractivity contribution in [1.82, 2.24) is 0 Å². The van der Waals surface area contributed by atoms with Crippen LogP contribution >= 0.6 is 0 Å². The maximum absolute atomic E-state index is 12.7. The minimum absolute atomic E-state index is 0.0841. The van der Waals surface area contributed by atoms with Crippen LogP contribution in [0.1, 0.15) is 107 Å². The highest BCUT2D eigenvalue weighted by atomic mass is 16.7. The lowest BCUT2D eigenvalue weighted by atomic mass is 9.34. The van der Waals surface area contributed by atoms with Crippen LogP contribution in [0.4, 0.5) is 0 Å². The van der Waals surface area contributed by atoms with Gasteiger partial charge in [0.25, 0.3) is 0 Å². The zero-order valence-corrected chi connectivity index (χ0v) is 40.3. The van der Waals surface area contributed by atoms with E-state index in [1.165, 1.54) is 0 Å². The molecule has 19 heteroatoms. The number of hydrogen-bond acceptors (Lipinski definition) is 19. The molecule has 26 atom stereocenters. The first-order chi connectivity index (χ1) is 31.3. The van der Waals surface area contributed by atoms with Crippen molar-refractivity contribution in [3.63, 3.8) is 0 Å². The molecule has 0 spiro atoms. The van der Waals surface area contributed by atoms with E-state index in [2.05, 4.69) is 26.8 Å². The quantitative estimate of drug-likeness (QED) is 0.0773. The average molecular weight is 963 g/mol. The summed E-state index contributed by atoms with van der Waals surface area (Å²) in [5.41, 5.74) is -2.41. The van der Waals surface area contributed by atoms with E-state index in [9.17, 15) is 66.4 Å². The van der Waals surface area contributed by atoms with Gasteiger partial charge in [0, 0.05) is 0 Å². The molecule has 0 amide bonds. The van der Waals surface area contributed by atoms with Crippen LogP contribution in [0.3, 0.4) is 0 Å². The number of aliphatic hydroxyl groups excluding tert-OH is 13. The van der Waals surface area contributed by atoms with Gasteiger partial charge in [0.05, 0.1) is 43.7 Å². The van der Waals surface area contributed by atoms with Crippen molar-refractivity contribution in [3.05, 3.63) is 11.6 Å². The molecule has 3 saturated heterocycles. The van der Waals surface area contributed by atoms with Crippen LogP contribution in [-0.4, -0.2) is 202 Å². The third kappa shape index (κ3) is 9.03. The molecule has 13 N–H and O–H groups in total. The van der Waals surface area contributed by atoms with Crippen molar-refractivity contribution in [2.24, 2.45) is 45.3 Å². The lowest BCUT2D eigenvalue weighted by Gasteiger charge is -2.72. The number of aliphatic hydroxyl groups is 13. The van der Waals surface area contributed by atoms with Crippen LogP contribution < -0.4 is 0 Å². The van der Waals surface area contributed by atoms with Crippen molar-refractivity contribution >= 4 is 0 Å². The largest absolute Gasteiger partial charge is 0.394 e. The number of rotatable bonds is 13. The van der Waals surface area contributed by atoms with Gasteiger partial charge in [-0.2, -0.15) is 0 Å². The van der Waals surface area contributed by atoms with E-state index in [1.54, 1.807) is 0 Å². The van der Waals surface area contributed by atoms with Gasteiger partial charge in [0.15, 0.2) is 18.9 Å². The maximum Gasteiger partial charge on any atom is 0.187 e. The first-order valence-corrected chi connectivity index (χ1v) is 24.5. The van der Waals surface area contributed by atoms with Gasteiger partial charge in [-0.15, -0.1) is 0 Å². The summed E-state index contributed by atoms with van der Waals surface area (Å²) in [6.45, 7) is 14.5. The zero-order chi connectivity index (χ0) is 49.5. The Morgan fingerprint density at radius 3 is 1.76 bits per heavy atom. The minimum Gasteiger partial charge on any atom is -0.394 e. The summed E-state index contributed by atoms with van der Waals surface area (Å²) in [7, 11) is 0. The predicted molar refractivity (Wildman–Crippen MR) is 235 cm³/mol. The van der Waals surface area contributed by atoms with Gasteiger partial charge in [-0.05, 0) is 117 Å². The second kappa shape index (κ2) is 19.8. The van der Waals surface area contributed by atoms with E-state index in [-0.39, 0.29) is 23.7 Å². The average Bonchev–Trinajstić information content (AvgIpc) is 3.66. The Hall–Kier alpha value is -1.02. The molecule has 0 radical (unpaired) electrons. The standard InChI is InChI=1S/C48H82O19/c1-21(2)10-9-13-48(8,67-43-37(60)34(57)32(55)26(19-50)64-43)22-11-15-46(6)30(22)23(52)16-28-45(5)14-12-29(53)44(3,4)40(45)24(17-47(28,46)7)62-41-38(61)35(58)39(27(20-51)65-41)66-42-36(59)33(56)31(54)25(18-49)63-42/h10,22-43,49-61H,9,11-20H2,1-8H3/t22-,23+,24-,25+,26+,27+,28+,29-,30-,31-,32+,33-,34-,35+,36+,37+,38+,39+,40-,41+,42-,43-,45+,46+,47+,48-/m0/s1. The van der Waals surface area contributed by atoms with E-state index in [0.717, 1.165) is 5.57 Å². The summed E-state index contributed by atoms with van der Waals surface area (Å²) >= 11 is 0. The molecule has 3 heterocycles. The molecule has 4 aliphatic carbocycles. The van der Waals surface area contributed by atoms with Crippen molar-refractivity contribution < 1.29 is 94.8 Å². The first-order valence-electron chi connectivity index (χ1n) is 24.5. The monoisotopic (exact) mass is 963 g/mol. The highest BCUT2D eigenvalue weighted by Gasteiger charge is 2.74. The molecule has 7 aliphatic rings. The lowest BCUT2D eigenvalue weighted by molar-refractivity contribution is -0.374. The maximum atomic E-state index is 12.7. The fourth-order valence-corrected chi connectivity index (χ4v) is 14.9. The van der Waals surface area contributed by atoms with Gasteiger partial charge in [-0.1, -0.05) is 46.3 Å². The van der Waals surface area contributed by atoms with Crippen LogP contribution in [0.5, 0.6) is 0 Å². The second-order valence-corrected chi connectivity index (χ2v) is 23.1. The van der Waals surface area contributed by atoms with E-state index in [4.69, 9.17) is 28.4 Å². The van der Waals surface area contributed by atoms with E-state index < -0.39 is 158 Å². The summed E-state index contributed by atoms with van der Waals surface area (Å²) in [6.07, 6.45) is -19.6. The number of fused-ring (bicyclic) bond motifs is 5. The van der Waals surface area contributed by atoms with Crippen molar-refractivity contribution in [2.45, 2.75) is 223 Å². The topological polar surface area (TPSA) is 318 Å². The summed E-state index contributed by atoms with van der Waals surface area (Å²) in [4.78, 5) is 0. The highest BCUT2D eigenvalue weighted by Crippen LogP contribution is 2.76. The summed E-state index contributed by atoms with van der Waals surface area (Å²) < 4.78 is 37.3. The number of allylic oxidation sites excluding steroid dienone is 2. The summed E-state index contributed by atoms with van der Waals surface area (Å²) in [5, 5.41) is 142. The van der Waals surface area contributed by atoms with Gasteiger partial charge >= 0.3 is 0 Å². The number of ether oxygens (including phenoxy) is 6. The molecule has 0 bridgehead atoms. The van der Waals surface area contributed by atoms with E-state index in [0.29, 0.717) is 51.4 Å². The van der Waals surface area contributed by atoms with Gasteiger partial charge < -0.3 is 94.8 Å². The minimum atomic E-state index is -1.83. The molecule has 0 aromatic rings. The van der Waals surface area contributed by atoms with Crippen LogP contribution in [0.25, 0.3) is 0 Å². The second-order valence-electron chi connectivity index (χ2n) is 23.1. The summed E-state index contributed by atoms with van der Waals surface area (Å²) in [5.74, 6) is -1.11. The molecule has 7 rings (SSSR count). The van der Waals surface area contributed by atoms with Crippen LogP contribution in [0, 0.1) is 45.3 Å². The van der Waals surface area contributed by atoms with Crippen molar-refractivity contribution in [3.8, 4) is 0 Å². The molecule has 3 aliphatic heterocycles. The van der Waals surface area contributed by atoms with Crippen LogP contribution in [-0.2, 0) is 28.4 Å². The van der Waals surface area contributed by atoms with Crippen molar-refractivity contribution in [1.29, 1.82) is 0 Å². The molecule has 0 unspecified atom stereocenters. The molecule has 19 nitrogen and oxygen atoms in total. The molecular formula is C48H82O19. The molecular weight excluding hydrogens is 881 g/mol. The Kier molecular flexibility index (Phi) is 15.9. The number of hydrogen-bond donors (Lipinski definition) is 13. The third-order valence-corrected chi connectivity index (χ3v) is 18.7. The fraction of sp³-hybridized carbons (Fsp3) is 0.958. The molecule has 4 saturated carbocycles. The van der Waals surface area contributed by atoms with E-state index in [1.807, 2.05) is 34.6 Å². The molecule has 7 fully saturated rings. The normalized spacial score (nSPS) is 52.9. The van der Waals surface area contributed by atoms with Gasteiger partial charge in [-0.3, -0.25) is 0 Å². The lowest BCUT2D eigenvalue weighted by Crippen LogP contribution is -2.71. The Morgan fingerprint density at radius 1 is 0.642 bits per heavy atom. The molecule has 388 valence electrons. The Bertz CT molecular complexity index is 1710. The highest BCUT2D eigenvalue weighted by molar-refractivity contribution is 5.22. The smallest absolute Gasteiger partial charge is 0.187 e. The van der Waals surface area contributed by atoms with Gasteiger partial charge in [0.2, 0.25) is 0 Å². The zero-order valence-electron chi connectivity index (χ0n) is 40.3. The fourth-order valence-electron chi connectivity index (χ4n) is 14.9. The molecule has 0 aromatic carbocycles. The van der Waals surface area contributed by atoms with Gasteiger partial charge in [0.1, 0.15) is 73.2 Å². The summed E-state index contributed by atoms with van der Waals surface area (Å²) in [6, 6.07) is 0. The predicted octanol–water partition coefficient (Wildman–Crippen LogP) is -1.06.